The lowest BCUT2D eigenvalue weighted by Gasteiger charge is -2.35. The van der Waals surface area contributed by atoms with Crippen molar-refractivity contribution in [2.45, 2.75) is 49.8 Å². The summed E-state index contributed by atoms with van der Waals surface area (Å²) in [6, 6.07) is 9.74. The predicted molar refractivity (Wildman–Crippen MR) is 98.2 cm³/mol. The lowest BCUT2D eigenvalue weighted by molar-refractivity contribution is -0.149. The fraction of sp³-hybridized carbons (Fsp3) is 0.381. The Balaban J connectivity index is 1.56. The largest absolute Gasteiger partial charge is 0.455 e. The monoisotopic (exact) mass is 356 g/mol. The minimum Gasteiger partial charge on any atom is -0.455 e. The van der Waals surface area contributed by atoms with Crippen LogP contribution in [-0.2, 0) is 14.3 Å². The summed E-state index contributed by atoms with van der Waals surface area (Å²) in [7, 11) is 0. The number of carbonyl (C=O) groups is 1. The maximum Gasteiger partial charge on any atom is 0.331 e. The third-order valence-corrected chi connectivity index (χ3v) is 4.50. The van der Waals surface area contributed by atoms with Crippen molar-refractivity contribution in [3.63, 3.8) is 0 Å². The highest BCUT2D eigenvalue weighted by Gasteiger charge is 2.34. The summed E-state index contributed by atoms with van der Waals surface area (Å²) in [5.74, 6) is -0.329. The summed E-state index contributed by atoms with van der Waals surface area (Å²) in [5, 5.41) is 20.3. The van der Waals surface area contributed by atoms with Gasteiger partial charge in [-0.1, -0.05) is 54.6 Å². The van der Waals surface area contributed by atoms with Gasteiger partial charge in [-0.05, 0) is 18.1 Å². The highest BCUT2D eigenvalue weighted by molar-refractivity contribution is 5.82. The molecule has 26 heavy (non-hydrogen) atoms. The van der Waals surface area contributed by atoms with Crippen LogP contribution in [0.4, 0.5) is 0 Å². The molecule has 5 heteroatoms. The quantitative estimate of drug-likeness (QED) is 0.626. The molecule has 0 unspecified atom stereocenters. The van der Waals surface area contributed by atoms with Crippen molar-refractivity contribution < 1.29 is 24.5 Å². The lowest BCUT2D eigenvalue weighted by atomic mass is 9.95. The van der Waals surface area contributed by atoms with Crippen LogP contribution in [0.5, 0.6) is 0 Å². The molecular weight excluding hydrogens is 332 g/mol. The summed E-state index contributed by atoms with van der Waals surface area (Å²) in [6.07, 6.45) is 9.46. The van der Waals surface area contributed by atoms with Crippen LogP contribution in [0, 0.1) is 0 Å². The third-order valence-electron chi connectivity index (χ3n) is 4.50. The van der Waals surface area contributed by atoms with Crippen molar-refractivity contribution in [3.05, 3.63) is 66.3 Å². The normalized spacial score (nSPS) is 32.2. The van der Waals surface area contributed by atoms with Gasteiger partial charge in [0.15, 0.2) is 0 Å². The molecular formula is C21H24O5. The fourth-order valence-corrected chi connectivity index (χ4v) is 3.10. The van der Waals surface area contributed by atoms with Crippen molar-refractivity contribution in [1.82, 2.24) is 0 Å². The van der Waals surface area contributed by atoms with Crippen LogP contribution in [0.15, 0.2) is 60.7 Å². The number of aliphatic hydroxyl groups is 2. The topological polar surface area (TPSA) is 76.0 Å². The molecule has 2 heterocycles. The van der Waals surface area contributed by atoms with Crippen LogP contribution in [0.25, 0.3) is 6.08 Å². The minimum absolute atomic E-state index is 0.204. The van der Waals surface area contributed by atoms with Gasteiger partial charge in [-0.3, -0.25) is 0 Å². The molecule has 1 fully saturated rings. The second-order valence-corrected chi connectivity index (χ2v) is 6.56. The first-order valence-electron chi connectivity index (χ1n) is 8.90. The summed E-state index contributed by atoms with van der Waals surface area (Å²) >= 11 is 0. The minimum atomic E-state index is -0.945. The van der Waals surface area contributed by atoms with E-state index in [2.05, 4.69) is 0 Å². The van der Waals surface area contributed by atoms with E-state index < -0.39 is 18.3 Å². The first-order chi connectivity index (χ1) is 12.6. The average molecular weight is 356 g/mol. The Morgan fingerprint density at radius 3 is 2.73 bits per heavy atom. The summed E-state index contributed by atoms with van der Waals surface area (Å²) in [6.45, 7) is 0. The molecule has 2 aliphatic rings. The van der Waals surface area contributed by atoms with Gasteiger partial charge >= 0.3 is 5.97 Å². The third kappa shape index (κ3) is 5.14. The molecule has 0 saturated carbocycles. The van der Waals surface area contributed by atoms with Crippen LogP contribution in [0.1, 0.15) is 24.8 Å². The zero-order valence-electron chi connectivity index (χ0n) is 14.5. The van der Waals surface area contributed by atoms with Gasteiger partial charge in [0, 0.05) is 18.9 Å². The SMILES string of the molecule is O=C1C=CC[C@H](/C=C/C[C@H]2C[C@H](O)[C@H](O)[C@@H](/C=C/c3ccccc3)O2)O1. The van der Waals surface area contributed by atoms with Gasteiger partial charge in [0.25, 0.3) is 0 Å². The van der Waals surface area contributed by atoms with Crippen LogP contribution in [0.3, 0.4) is 0 Å². The zero-order valence-corrected chi connectivity index (χ0v) is 14.5. The average Bonchev–Trinajstić information content (AvgIpc) is 2.64. The fourth-order valence-electron chi connectivity index (χ4n) is 3.10. The molecule has 0 aliphatic carbocycles. The summed E-state index contributed by atoms with van der Waals surface area (Å²) in [5.41, 5.74) is 1.01. The maximum atomic E-state index is 11.2. The Morgan fingerprint density at radius 2 is 1.96 bits per heavy atom. The van der Waals surface area contributed by atoms with E-state index in [4.69, 9.17) is 9.47 Å². The number of rotatable bonds is 5. The Hall–Kier alpha value is -2.21. The van der Waals surface area contributed by atoms with E-state index in [1.807, 2.05) is 48.6 Å². The van der Waals surface area contributed by atoms with Crippen LogP contribution in [0.2, 0.25) is 0 Å². The molecule has 2 N–H and O–H groups in total. The molecule has 138 valence electrons. The molecule has 5 atom stereocenters. The van der Waals surface area contributed by atoms with Gasteiger partial charge in [0.2, 0.25) is 0 Å². The number of aliphatic hydroxyl groups excluding tert-OH is 2. The van der Waals surface area contributed by atoms with E-state index in [-0.39, 0.29) is 18.2 Å². The van der Waals surface area contributed by atoms with E-state index in [9.17, 15) is 15.0 Å². The maximum absolute atomic E-state index is 11.2. The van der Waals surface area contributed by atoms with Crippen molar-refractivity contribution in [2.24, 2.45) is 0 Å². The van der Waals surface area contributed by atoms with Gasteiger partial charge in [-0.15, -0.1) is 0 Å². The summed E-state index contributed by atoms with van der Waals surface area (Å²) < 4.78 is 11.1. The van der Waals surface area contributed by atoms with E-state index >= 15 is 0 Å². The van der Waals surface area contributed by atoms with Crippen molar-refractivity contribution in [3.8, 4) is 0 Å². The Labute approximate surface area is 153 Å². The molecule has 1 aromatic carbocycles. The standard InChI is InChI=1S/C21H24O5/c22-18-14-17(10-4-8-16-9-5-11-20(23)26-16)25-19(21(18)24)13-12-15-6-2-1-3-7-15/h1-8,11-13,16-19,21-22,24H,9-10,14H2/b8-4+,13-12+/t16-,17-,18-,19+,21-/m0/s1. The molecule has 0 radical (unpaired) electrons. The van der Waals surface area contributed by atoms with Crippen LogP contribution < -0.4 is 0 Å². The lowest BCUT2D eigenvalue weighted by Crippen LogP contribution is -2.47. The molecule has 1 aromatic rings. The summed E-state index contributed by atoms with van der Waals surface area (Å²) in [4.78, 5) is 11.2. The van der Waals surface area contributed by atoms with Crippen molar-refractivity contribution in [2.75, 3.05) is 0 Å². The smallest absolute Gasteiger partial charge is 0.331 e. The van der Waals surface area contributed by atoms with Gasteiger partial charge in [0.1, 0.15) is 18.3 Å². The number of cyclic esters (lactones) is 1. The second-order valence-electron chi connectivity index (χ2n) is 6.56. The Morgan fingerprint density at radius 1 is 1.15 bits per heavy atom. The van der Waals surface area contributed by atoms with Crippen LogP contribution in [-0.4, -0.2) is 46.7 Å². The predicted octanol–water partition coefficient (Wildman–Crippen LogP) is 2.40. The first kappa shape index (κ1) is 18.6. The zero-order chi connectivity index (χ0) is 18.4. The molecule has 3 rings (SSSR count). The van der Waals surface area contributed by atoms with Gasteiger partial charge < -0.3 is 19.7 Å². The van der Waals surface area contributed by atoms with Gasteiger partial charge in [-0.2, -0.15) is 0 Å². The molecule has 0 amide bonds. The second kappa shape index (κ2) is 8.94. The first-order valence-corrected chi connectivity index (χ1v) is 8.90. The number of carbonyl (C=O) groups excluding carboxylic acids is 1. The van der Waals surface area contributed by atoms with Crippen LogP contribution >= 0.6 is 0 Å². The van der Waals surface area contributed by atoms with E-state index in [0.717, 1.165) is 5.56 Å². The molecule has 5 nitrogen and oxygen atoms in total. The Bertz CT molecular complexity index is 679. The molecule has 0 aromatic heterocycles. The highest BCUT2D eigenvalue weighted by Crippen LogP contribution is 2.24. The van der Waals surface area contributed by atoms with E-state index in [0.29, 0.717) is 19.3 Å². The number of ether oxygens (including phenoxy) is 2. The van der Waals surface area contributed by atoms with Gasteiger partial charge in [0.05, 0.1) is 12.2 Å². The number of hydrogen-bond acceptors (Lipinski definition) is 5. The molecule has 0 spiro atoms. The molecule has 1 saturated heterocycles. The molecule has 2 aliphatic heterocycles. The number of hydrogen-bond donors (Lipinski definition) is 2. The number of benzene rings is 1. The Kier molecular flexibility index (Phi) is 6.39. The number of esters is 1. The van der Waals surface area contributed by atoms with Crippen molar-refractivity contribution >= 4 is 12.0 Å². The highest BCUT2D eigenvalue weighted by atomic mass is 16.5. The van der Waals surface area contributed by atoms with E-state index in [1.54, 1.807) is 12.2 Å². The van der Waals surface area contributed by atoms with Gasteiger partial charge in [-0.25, -0.2) is 4.79 Å². The molecule has 0 bridgehead atoms. The van der Waals surface area contributed by atoms with Crippen molar-refractivity contribution in [1.29, 1.82) is 0 Å². The van der Waals surface area contributed by atoms with E-state index in [1.165, 1.54) is 6.08 Å².